The average Bonchev–Trinajstić information content (AvgIpc) is 3.16. The first kappa shape index (κ1) is 18.5. The number of hydrogen-bond acceptors (Lipinski definition) is 4. The summed E-state index contributed by atoms with van der Waals surface area (Å²) in [6, 6.07) is 26.7. The van der Waals surface area contributed by atoms with Crippen molar-refractivity contribution in [1.82, 2.24) is 5.16 Å². The summed E-state index contributed by atoms with van der Waals surface area (Å²) in [7, 11) is 0. The molecule has 0 atom stereocenters. The van der Waals surface area contributed by atoms with E-state index < -0.39 is 0 Å². The van der Waals surface area contributed by atoms with Gasteiger partial charge in [0.25, 0.3) is 5.91 Å². The SMILES string of the molecule is Cc1onc(-c2ccccc2)c1C(=O)Nc1ccc(OCc2ccccc2)cc1. The van der Waals surface area contributed by atoms with Crippen LogP contribution in [0.1, 0.15) is 21.7 Å². The highest BCUT2D eigenvalue weighted by Crippen LogP contribution is 2.26. The Morgan fingerprint density at radius 2 is 1.59 bits per heavy atom. The van der Waals surface area contributed by atoms with Gasteiger partial charge in [0, 0.05) is 11.3 Å². The Bertz CT molecular complexity index is 1090. The van der Waals surface area contributed by atoms with Gasteiger partial charge in [0.1, 0.15) is 29.4 Å². The molecule has 0 saturated carbocycles. The molecule has 0 fully saturated rings. The molecule has 0 aliphatic rings. The summed E-state index contributed by atoms with van der Waals surface area (Å²) in [5.41, 5.74) is 3.56. The van der Waals surface area contributed by atoms with Crippen LogP contribution in [-0.2, 0) is 6.61 Å². The van der Waals surface area contributed by atoms with Gasteiger partial charge in [-0.15, -0.1) is 0 Å². The van der Waals surface area contributed by atoms with E-state index in [-0.39, 0.29) is 5.91 Å². The van der Waals surface area contributed by atoms with Crippen LogP contribution >= 0.6 is 0 Å². The van der Waals surface area contributed by atoms with Gasteiger partial charge >= 0.3 is 0 Å². The van der Waals surface area contributed by atoms with Gasteiger partial charge in [-0.25, -0.2) is 0 Å². The van der Waals surface area contributed by atoms with E-state index in [0.29, 0.717) is 29.3 Å². The Kier molecular flexibility index (Phi) is 5.38. The molecule has 1 N–H and O–H groups in total. The fourth-order valence-electron chi connectivity index (χ4n) is 3.00. The topological polar surface area (TPSA) is 64.4 Å². The summed E-state index contributed by atoms with van der Waals surface area (Å²) in [5, 5.41) is 6.96. The minimum atomic E-state index is -0.263. The Balaban J connectivity index is 1.45. The second-order valence-corrected chi connectivity index (χ2v) is 6.58. The molecule has 1 aromatic heterocycles. The lowest BCUT2D eigenvalue weighted by atomic mass is 10.1. The molecule has 4 aromatic rings. The van der Waals surface area contributed by atoms with Crippen molar-refractivity contribution in [2.75, 3.05) is 5.32 Å². The molecule has 144 valence electrons. The van der Waals surface area contributed by atoms with Crippen LogP contribution in [0.3, 0.4) is 0 Å². The van der Waals surface area contributed by atoms with Crippen molar-refractivity contribution < 1.29 is 14.1 Å². The summed E-state index contributed by atoms with van der Waals surface area (Å²) in [4.78, 5) is 12.8. The van der Waals surface area contributed by atoms with Crippen molar-refractivity contribution in [3.63, 3.8) is 0 Å². The van der Waals surface area contributed by atoms with Gasteiger partial charge in [-0.1, -0.05) is 65.8 Å². The molecule has 0 radical (unpaired) electrons. The summed E-state index contributed by atoms with van der Waals surface area (Å²) >= 11 is 0. The van der Waals surface area contributed by atoms with Crippen LogP contribution in [0.2, 0.25) is 0 Å². The number of amides is 1. The molecule has 0 aliphatic carbocycles. The second kappa shape index (κ2) is 8.44. The van der Waals surface area contributed by atoms with Gasteiger partial charge in [-0.05, 0) is 36.8 Å². The van der Waals surface area contributed by atoms with Crippen LogP contribution in [0.25, 0.3) is 11.3 Å². The molecule has 3 aromatic carbocycles. The lowest BCUT2D eigenvalue weighted by Crippen LogP contribution is -2.13. The molecule has 0 spiro atoms. The van der Waals surface area contributed by atoms with Crippen molar-refractivity contribution in [2.45, 2.75) is 13.5 Å². The fourth-order valence-corrected chi connectivity index (χ4v) is 3.00. The van der Waals surface area contributed by atoms with Crippen molar-refractivity contribution in [2.24, 2.45) is 0 Å². The third kappa shape index (κ3) is 4.35. The van der Waals surface area contributed by atoms with Crippen LogP contribution in [0, 0.1) is 6.92 Å². The number of carbonyl (C=O) groups excluding carboxylic acids is 1. The number of anilines is 1. The zero-order valence-corrected chi connectivity index (χ0v) is 16.0. The third-order valence-electron chi connectivity index (χ3n) is 4.50. The predicted molar refractivity (Wildman–Crippen MR) is 112 cm³/mol. The average molecular weight is 384 g/mol. The van der Waals surface area contributed by atoms with E-state index in [0.717, 1.165) is 16.9 Å². The number of hydrogen-bond donors (Lipinski definition) is 1. The maximum atomic E-state index is 12.8. The fraction of sp³-hybridized carbons (Fsp3) is 0.0833. The first-order valence-corrected chi connectivity index (χ1v) is 9.30. The van der Waals surface area contributed by atoms with E-state index in [1.165, 1.54) is 0 Å². The van der Waals surface area contributed by atoms with E-state index in [9.17, 15) is 4.79 Å². The van der Waals surface area contributed by atoms with Crippen LogP contribution in [0.4, 0.5) is 5.69 Å². The molecule has 0 aliphatic heterocycles. The largest absolute Gasteiger partial charge is 0.489 e. The lowest BCUT2D eigenvalue weighted by molar-refractivity contribution is 0.102. The summed E-state index contributed by atoms with van der Waals surface area (Å²) in [6.07, 6.45) is 0. The van der Waals surface area contributed by atoms with Gasteiger partial charge < -0.3 is 14.6 Å². The Morgan fingerprint density at radius 1 is 0.931 bits per heavy atom. The molecule has 0 unspecified atom stereocenters. The monoisotopic (exact) mass is 384 g/mol. The van der Waals surface area contributed by atoms with E-state index in [1.54, 1.807) is 6.92 Å². The van der Waals surface area contributed by atoms with Crippen molar-refractivity contribution in [3.05, 3.63) is 102 Å². The number of benzene rings is 3. The number of ether oxygens (including phenoxy) is 1. The van der Waals surface area contributed by atoms with Crippen LogP contribution in [0.15, 0.2) is 89.5 Å². The maximum Gasteiger partial charge on any atom is 0.261 e. The van der Waals surface area contributed by atoms with Gasteiger partial charge in [-0.3, -0.25) is 4.79 Å². The van der Waals surface area contributed by atoms with E-state index in [4.69, 9.17) is 9.26 Å². The van der Waals surface area contributed by atoms with Crippen molar-refractivity contribution in [1.29, 1.82) is 0 Å². The van der Waals surface area contributed by atoms with Gasteiger partial charge in [-0.2, -0.15) is 0 Å². The minimum absolute atomic E-state index is 0.263. The number of aryl methyl sites for hydroxylation is 1. The van der Waals surface area contributed by atoms with Gasteiger partial charge in [0.2, 0.25) is 0 Å². The second-order valence-electron chi connectivity index (χ2n) is 6.58. The summed E-state index contributed by atoms with van der Waals surface area (Å²) < 4.78 is 11.1. The Hall–Kier alpha value is -3.86. The standard InChI is InChI=1S/C24H20N2O3/c1-17-22(23(26-29-17)19-10-6-3-7-11-19)24(27)25-20-12-14-21(15-13-20)28-16-18-8-4-2-5-9-18/h2-15H,16H2,1H3,(H,25,27). The number of carbonyl (C=O) groups is 1. The number of rotatable bonds is 6. The molecular weight excluding hydrogens is 364 g/mol. The van der Waals surface area contributed by atoms with Crippen molar-refractivity contribution >= 4 is 11.6 Å². The zero-order chi connectivity index (χ0) is 20.1. The first-order chi connectivity index (χ1) is 14.2. The predicted octanol–water partition coefficient (Wildman–Crippen LogP) is 5.48. The Labute approximate surface area is 168 Å². The highest BCUT2D eigenvalue weighted by Gasteiger charge is 2.21. The number of nitrogens with zero attached hydrogens (tertiary/aromatic N) is 1. The number of aromatic nitrogens is 1. The van der Waals surface area contributed by atoms with Crippen LogP contribution in [-0.4, -0.2) is 11.1 Å². The number of nitrogens with one attached hydrogen (secondary N) is 1. The van der Waals surface area contributed by atoms with E-state index >= 15 is 0 Å². The zero-order valence-electron chi connectivity index (χ0n) is 16.0. The third-order valence-corrected chi connectivity index (χ3v) is 4.50. The minimum Gasteiger partial charge on any atom is -0.489 e. The quantitative estimate of drug-likeness (QED) is 0.478. The molecule has 5 heteroatoms. The molecule has 29 heavy (non-hydrogen) atoms. The molecule has 0 bridgehead atoms. The smallest absolute Gasteiger partial charge is 0.261 e. The molecule has 4 rings (SSSR count). The highest BCUT2D eigenvalue weighted by atomic mass is 16.5. The molecule has 5 nitrogen and oxygen atoms in total. The summed E-state index contributed by atoms with van der Waals surface area (Å²) in [5.74, 6) is 0.947. The highest BCUT2D eigenvalue weighted by molar-refractivity contribution is 6.08. The van der Waals surface area contributed by atoms with Crippen LogP contribution < -0.4 is 10.1 Å². The molecule has 0 saturated heterocycles. The normalized spacial score (nSPS) is 10.5. The molecule has 1 heterocycles. The molecular formula is C24H20N2O3. The lowest BCUT2D eigenvalue weighted by Gasteiger charge is -2.09. The van der Waals surface area contributed by atoms with E-state index in [1.807, 2.05) is 84.9 Å². The van der Waals surface area contributed by atoms with Gasteiger partial charge in [0.15, 0.2) is 0 Å². The molecule has 1 amide bonds. The van der Waals surface area contributed by atoms with Gasteiger partial charge in [0.05, 0.1) is 0 Å². The maximum absolute atomic E-state index is 12.8. The van der Waals surface area contributed by atoms with E-state index in [2.05, 4.69) is 10.5 Å². The van der Waals surface area contributed by atoms with Crippen LogP contribution in [0.5, 0.6) is 5.75 Å². The first-order valence-electron chi connectivity index (χ1n) is 9.30. The Morgan fingerprint density at radius 3 is 2.28 bits per heavy atom. The van der Waals surface area contributed by atoms with Crippen molar-refractivity contribution in [3.8, 4) is 17.0 Å². The summed E-state index contributed by atoms with van der Waals surface area (Å²) in [6.45, 7) is 2.22.